The van der Waals surface area contributed by atoms with Crippen molar-refractivity contribution in [2.75, 3.05) is 99.5 Å². The third-order valence-corrected chi connectivity index (χ3v) is 13.4. The molecule has 60 heavy (non-hydrogen) atoms. The minimum atomic E-state index is 0.141. The van der Waals surface area contributed by atoms with Crippen molar-refractivity contribution in [3.05, 3.63) is 76.9 Å². The van der Waals surface area contributed by atoms with Gasteiger partial charge in [0.15, 0.2) is 23.6 Å². The smallest absolute Gasteiger partial charge is 0.284 e. The number of para-hydroxylation sites is 2. The summed E-state index contributed by atoms with van der Waals surface area (Å²) in [6.45, 7) is 8.45. The Morgan fingerprint density at radius 3 is 2.30 bits per heavy atom. The average Bonchev–Trinajstić information content (AvgIpc) is 3.99. The summed E-state index contributed by atoms with van der Waals surface area (Å²) < 4.78 is 21.4. The first-order valence-corrected chi connectivity index (χ1v) is 23.0. The molecule has 6 heterocycles. The van der Waals surface area contributed by atoms with Gasteiger partial charge in [-0.15, -0.1) is 4.98 Å². The lowest BCUT2D eigenvalue weighted by molar-refractivity contribution is -0.678. The predicted molar refractivity (Wildman–Crippen MR) is 250 cm³/mol. The van der Waals surface area contributed by atoms with Gasteiger partial charge in [0, 0.05) is 51.1 Å². The highest BCUT2D eigenvalue weighted by Crippen LogP contribution is 2.45. The summed E-state index contributed by atoms with van der Waals surface area (Å²) in [5, 5.41) is 3.59. The number of thioether (sulfide) groups is 2. The quantitative estimate of drug-likeness (QED) is 0.125. The van der Waals surface area contributed by atoms with Crippen LogP contribution in [0, 0.1) is 6.92 Å². The number of hydrogen-bond acceptors (Lipinski definition) is 13. The Hall–Kier alpha value is -4.23. The largest absolute Gasteiger partial charge is 0.377 e. The summed E-state index contributed by atoms with van der Waals surface area (Å²) in [5.74, 6) is 0. The van der Waals surface area contributed by atoms with Crippen molar-refractivity contribution in [1.29, 1.82) is 0 Å². The van der Waals surface area contributed by atoms with Crippen LogP contribution in [0.2, 0.25) is 0 Å². The van der Waals surface area contributed by atoms with Crippen molar-refractivity contribution in [2.45, 2.75) is 30.6 Å². The Morgan fingerprint density at radius 2 is 1.60 bits per heavy atom. The van der Waals surface area contributed by atoms with Gasteiger partial charge in [-0.05, 0) is 57.6 Å². The first-order chi connectivity index (χ1) is 29.0. The third kappa shape index (κ3) is 11.2. The van der Waals surface area contributed by atoms with Crippen molar-refractivity contribution in [1.82, 2.24) is 29.2 Å². The molecule has 17 heteroatoms. The van der Waals surface area contributed by atoms with Crippen LogP contribution in [0.15, 0.2) is 81.1 Å². The van der Waals surface area contributed by atoms with Gasteiger partial charge in [0.25, 0.3) is 12.0 Å². The second-order valence-corrected chi connectivity index (χ2v) is 18.4. The molecule has 8 rings (SSSR count). The van der Waals surface area contributed by atoms with Gasteiger partial charge >= 0.3 is 0 Å². The van der Waals surface area contributed by atoms with Crippen LogP contribution in [0.5, 0.6) is 0 Å². The Balaban J connectivity index is 0.000000167. The molecule has 0 N–H and O–H groups in total. The van der Waals surface area contributed by atoms with Crippen molar-refractivity contribution in [2.24, 2.45) is 24.1 Å². The minimum absolute atomic E-state index is 0.141. The number of anilines is 1. The second-order valence-electron chi connectivity index (χ2n) is 15.3. The Kier molecular flexibility index (Phi) is 16.3. The topological polar surface area (TPSA) is 97.6 Å². The fourth-order valence-electron chi connectivity index (χ4n) is 6.86. The maximum Gasteiger partial charge on any atom is 0.284 e. The lowest BCUT2D eigenvalue weighted by Crippen LogP contribution is -2.49. The fourth-order valence-corrected chi connectivity index (χ4v) is 9.54. The van der Waals surface area contributed by atoms with Gasteiger partial charge in [-0.3, -0.25) is 9.56 Å². The van der Waals surface area contributed by atoms with Crippen LogP contribution in [0.1, 0.15) is 10.7 Å². The number of nitrogens with zero attached hydrogens (tertiary/aromatic N) is 12. The Bertz CT molecular complexity index is 2340. The van der Waals surface area contributed by atoms with E-state index >= 15 is 0 Å². The summed E-state index contributed by atoms with van der Waals surface area (Å²) in [6.07, 6.45) is 12.0. The number of imidazole rings is 1. The molecule has 2 aromatic carbocycles. The molecule has 0 saturated carbocycles. The van der Waals surface area contributed by atoms with E-state index in [-0.39, 0.29) is 12.2 Å². The molecule has 0 saturated heterocycles. The molecule has 320 valence electrons. The number of aromatic nitrogens is 5. The number of rotatable bonds is 13. The number of benzene rings is 2. The van der Waals surface area contributed by atoms with Gasteiger partial charge in [0.05, 0.1) is 57.1 Å². The summed E-state index contributed by atoms with van der Waals surface area (Å²) in [7, 11) is 16.5. The number of fused-ring (bicyclic) bond motifs is 4. The first-order valence-electron chi connectivity index (χ1n) is 20.1. The van der Waals surface area contributed by atoms with Gasteiger partial charge in [-0.2, -0.15) is 4.57 Å². The molecule has 0 bridgehead atoms. The molecule has 5 aromatic rings. The number of ether oxygens (including phenoxy) is 2. The van der Waals surface area contributed by atoms with Gasteiger partial charge in [-0.25, -0.2) is 14.1 Å². The van der Waals surface area contributed by atoms with Crippen molar-refractivity contribution < 1.29 is 23.2 Å². The van der Waals surface area contributed by atoms with Crippen molar-refractivity contribution in [3.63, 3.8) is 0 Å². The molecule has 0 aliphatic carbocycles. The highest BCUT2D eigenvalue weighted by molar-refractivity contribution is 8.13. The number of thiazole rings is 1. The van der Waals surface area contributed by atoms with Crippen LogP contribution in [0.25, 0.3) is 27.5 Å². The molecule has 14 nitrogen and oxygen atoms in total. The predicted octanol–water partition coefficient (Wildman–Crippen LogP) is 4.46. The molecule has 3 aromatic heterocycles. The zero-order chi connectivity index (χ0) is 42.8. The number of hydrogen-bond donors (Lipinski definition) is 0. The van der Waals surface area contributed by atoms with E-state index in [4.69, 9.17) is 14.5 Å². The SMILES string of the molecule is CN(C)CCOCC[n+]1cnc(C=C2Sc3ccccc3N2C)c2ncn(C)c21.CSC1=NC=[N+](CCOCCN(C)C)C2C1N=CN2C.Cc1sc2ccccc2[n+]1C. The molecule has 0 fully saturated rings. The van der Waals surface area contributed by atoms with E-state index in [0.717, 1.165) is 66.3 Å². The van der Waals surface area contributed by atoms with Gasteiger partial charge in [-0.1, -0.05) is 59.1 Å². The second kappa shape index (κ2) is 21.5. The molecular formula is C43H61N12O2S3+3. The van der Waals surface area contributed by atoms with Crippen LogP contribution in [0.3, 0.4) is 0 Å². The van der Waals surface area contributed by atoms with Crippen LogP contribution >= 0.6 is 34.9 Å². The van der Waals surface area contributed by atoms with E-state index in [1.54, 1.807) is 23.5 Å². The summed E-state index contributed by atoms with van der Waals surface area (Å²) in [4.78, 5) is 28.2. The number of aliphatic imine (C=N–C) groups is 2. The van der Waals surface area contributed by atoms with E-state index in [1.165, 1.54) is 25.8 Å². The maximum absolute atomic E-state index is 5.76. The third-order valence-electron chi connectivity index (χ3n) is 10.3. The van der Waals surface area contributed by atoms with E-state index in [1.807, 2.05) is 62.4 Å². The lowest BCUT2D eigenvalue weighted by atomic mass is 10.2. The summed E-state index contributed by atoms with van der Waals surface area (Å²) in [6, 6.07) is 17.0. The molecule has 0 amide bonds. The molecule has 0 spiro atoms. The van der Waals surface area contributed by atoms with Crippen LogP contribution < -0.4 is 14.0 Å². The molecule has 0 radical (unpaired) electrons. The van der Waals surface area contributed by atoms with E-state index in [2.05, 4.69) is 151 Å². The van der Waals surface area contributed by atoms with E-state index in [0.29, 0.717) is 13.2 Å². The molecule has 2 unspecified atom stereocenters. The van der Waals surface area contributed by atoms with Gasteiger partial charge in [0.2, 0.25) is 28.1 Å². The monoisotopic (exact) mass is 873 g/mol. The van der Waals surface area contributed by atoms with Crippen LogP contribution in [-0.2, 0) is 30.1 Å². The molecule has 3 aliphatic heterocycles. The number of aryl methyl sites for hydroxylation is 3. The van der Waals surface area contributed by atoms with Crippen molar-refractivity contribution in [3.8, 4) is 0 Å². The zero-order valence-corrected chi connectivity index (χ0v) is 39.2. The van der Waals surface area contributed by atoms with E-state index in [9.17, 15) is 0 Å². The zero-order valence-electron chi connectivity index (χ0n) is 36.7. The molecule has 2 atom stereocenters. The van der Waals surface area contributed by atoms with Crippen molar-refractivity contribution >= 4 is 85.7 Å². The average molecular weight is 874 g/mol. The Labute approximate surface area is 367 Å². The molecular weight excluding hydrogens is 813 g/mol. The summed E-state index contributed by atoms with van der Waals surface area (Å²) >= 11 is 5.28. The minimum Gasteiger partial charge on any atom is -0.377 e. The highest BCUT2D eigenvalue weighted by Gasteiger charge is 2.42. The fraction of sp³-hybridized carbons (Fsp3) is 0.465. The van der Waals surface area contributed by atoms with E-state index < -0.39 is 0 Å². The van der Waals surface area contributed by atoms with Crippen LogP contribution in [-0.4, -0.2) is 158 Å². The lowest BCUT2D eigenvalue weighted by Gasteiger charge is -2.26. The van der Waals surface area contributed by atoms with Gasteiger partial charge in [0.1, 0.15) is 18.3 Å². The standard InChI is InChI=1S/C21H27N6OS.C13H24N5OS.C9H10NS/c1-24(2)9-11-28-12-10-27-15-22-16(20-21(27)25(3)14-23-20)13-19-26(4)17-7-5-6-8-18(17)29-19;1-16(2)5-7-19-8-6-18-10-15-12(20-4)11-13(18)17(3)9-14-11;1-7-10(2)8-5-3-4-6-9(8)11-7/h5-8,13-15H,9-12H2,1-4H3;9-11,13H,5-8H2,1-4H3;3-6H,1-2H3/q3*+1. The normalized spacial score (nSPS) is 17.6. The molecule has 3 aliphatic rings. The first kappa shape index (κ1) is 45.3. The van der Waals surface area contributed by atoms with Crippen LogP contribution in [0.4, 0.5) is 5.69 Å². The van der Waals surface area contributed by atoms with Gasteiger partial charge < -0.3 is 29.1 Å². The highest BCUT2D eigenvalue weighted by atomic mass is 32.2. The number of likely N-dealkylation sites (N-methyl/N-ethyl adjacent to an activating group) is 3. The Morgan fingerprint density at radius 1 is 0.900 bits per heavy atom. The maximum atomic E-state index is 5.76. The summed E-state index contributed by atoms with van der Waals surface area (Å²) in [5.41, 5.74) is 5.39.